The van der Waals surface area contributed by atoms with Gasteiger partial charge in [0.15, 0.2) is 4.32 Å². The van der Waals surface area contributed by atoms with E-state index in [1.54, 1.807) is 23.1 Å². The van der Waals surface area contributed by atoms with E-state index in [2.05, 4.69) is 0 Å². The summed E-state index contributed by atoms with van der Waals surface area (Å²) in [6.07, 6.45) is 1.70. The number of benzene rings is 3. The Labute approximate surface area is 164 Å². The van der Waals surface area contributed by atoms with Gasteiger partial charge in [-0.1, -0.05) is 60.4 Å². The molecule has 3 aromatic carbocycles. The number of thioether (sulfide) groups is 1. The number of rotatable bonds is 3. The van der Waals surface area contributed by atoms with Crippen molar-refractivity contribution in [3.05, 3.63) is 87.3 Å². The SMILES string of the molecule is O=C1/C(=C/c2ccc([N+](=O)[O-])cc2)SC(=S)N1c1cccc2ccccc12. The minimum Gasteiger partial charge on any atom is -0.268 e. The number of carbonyl (C=O) groups is 1. The number of fused-ring (bicyclic) bond motifs is 1. The van der Waals surface area contributed by atoms with E-state index in [1.807, 2.05) is 42.5 Å². The molecule has 0 aliphatic carbocycles. The maximum absolute atomic E-state index is 13.0. The molecule has 1 fully saturated rings. The van der Waals surface area contributed by atoms with Crippen molar-refractivity contribution in [1.29, 1.82) is 0 Å². The van der Waals surface area contributed by atoms with Crippen LogP contribution < -0.4 is 4.90 Å². The van der Waals surface area contributed by atoms with Crippen LogP contribution in [0, 0.1) is 10.1 Å². The van der Waals surface area contributed by atoms with Crippen LogP contribution in [0.15, 0.2) is 71.6 Å². The summed E-state index contributed by atoms with van der Waals surface area (Å²) < 4.78 is 0.463. The van der Waals surface area contributed by atoms with Gasteiger partial charge < -0.3 is 0 Å². The fraction of sp³-hybridized carbons (Fsp3) is 0. The fourth-order valence-electron chi connectivity index (χ4n) is 2.92. The molecule has 0 aromatic heterocycles. The molecule has 0 spiro atoms. The van der Waals surface area contributed by atoms with Crippen LogP contribution in [-0.2, 0) is 4.79 Å². The van der Waals surface area contributed by atoms with E-state index in [0.29, 0.717) is 14.8 Å². The molecular formula is C20H12N2O3S2. The molecule has 0 bridgehead atoms. The smallest absolute Gasteiger partial charge is 0.268 e. The van der Waals surface area contributed by atoms with Crippen molar-refractivity contribution in [2.45, 2.75) is 0 Å². The van der Waals surface area contributed by atoms with Gasteiger partial charge in [-0.25, -0.2) is 0 Å². The van der Waals surface area contributed by atoms with Gasteiger partial charge in [0.2, 0.25) is 0 Å². The number of nitro benzene ring substituents is 1. The Kier molecular flexibility index (Phi) is 4.47. The average Bonchev–Trinajstić information content (AvgIpc) is 2.95. The Morgan fingerprint density at radius 3 is 2.44 bits per heavy atom. The number of nitrogens with zero attached hydrogens (tertiary/aromatic N) is 2. The highest BCUT2D eigenvalue weighted by atomic mass is 32.2. The van der Waals surface area contributed by atoms with Gasteiger partial charge in [0.25, 0.3) is 11.6 Å². The van der Waals surface area contributed by atoms with Gasteiger partial charge in [-0.05, 0) is 35.2 Å². The van der Waals surface area contributed by atoms with E-state index in [-0.39, 0.29) is 11.6 Å². The lowest BCUT2D eigenvalue weighted by molar-refractivity contribution is -0.384. The van der Waals surface area contributed by atoms with Gasteiger partial charge in [-0.3, -0.25) is 19.8 Å². The maximum atomic E-state index is 13.0. The van der Waals surface area contributed by atoms with Crippen LogP contribution in [0.1, 0.15) is 5.56 Å². The van der Waals surface area contributed by atoms with Crippen molar-refractivity contribution in [2.24, 2.45) is 0 Å². The van der Waals surface area contributed by atoms with Gasteiger partial charge >= 0.3 is 0 Å². The van der Waals surface area contributed by atoms with Gasteiger partial charge in [-0.15, -0.1) is 0 Å². The Bertz CT molecular complexity index is 1120. The zero-order valence-corrected chi connectivity index (χ0v) is 15.5. The van der Waals surface area contributed by atoms with Crippen molar-refractivity contribution in [2.75, 3.05) is 4.90 Å². The molecule has 4 rings (SSSR count). The Morgan fingerprint density at radius 2 is 1.70 bits per heavy atom. The van der Waals surface area contributed by atoms with Crippen LogP contribution in [0.5, 0.6) is 0 Å². The summed E-state index contributed by atoms with van der Waals surface area (Å²) in [5, 5.41) is 12.7. The summed E-state index contributed by atoms with van der Waals surface area (Å²) in [5.74, 6) is -0.195. The Hall–Kier alpha value is -3.03. The highest BCUT2D eigenvalue weighted by Gasteiger charge is 2.34. The number of carbonyl (C=O) groups excluding carboxylic acids is 1. The third-order valence-electron chi connectivity index (χ3n) is 4.20. The average molecular weight is 392 g/mol. The molecule has 1 aliphatic heterocycles. The summed E-state index contributed by atoms with van der Waals surface area (Å²) in [6.45, 7) is 0. The van der Waals surface area contributed by atoms with E-state index >= 15 is 0 Å². The molecular weight excluding hydrogens is 380 g/mol. The monoisotopic (exact) mass is 392 g/mol. The highest BCUT2D eigenvalue weighted by molar-refractivity contribution is 8.27. The number of hydrogen-bond donors (Lipinski definition) is 0. The van der Waals surface area contributed by atoms with Gasteiger partial charge in [0, 0.05) is 17.5 Å². The zero-order valence-electron chi connectivity index (χ0n) is 13.9. The molecule has 1 aliphatic rings. The molecule has 0 unspecified atom stereocenters. The highest BCUT2D eigenvalue weighted by Crippen LogP contribution is 2.38. The quantitative estimate of drug-likeness (QED) is 0.267. The predicted molar refractivity (Wildman–Crippen MR) is 113 cm³/mol. The Morgan fingerprint density at radius 1 is 1.00 bits per heavy atom. The molecule has 7 heteroatoms. The van der Waals surface area contributed by atoms with Crippen molar-refractivity contribution in [1.82, 2.24) is 0 Å². The third-order valence-corrected chi connectivity index (χ3v) is 5.51. The molecule has 3 aromatic rings. The molecule has 0 atom stereocenters. The molecule has 27 heavy (non-hydrogen) atoms. The lowest BCUT2D eigenvalue weighted by Gasteiger charge is -2.17. The van der Waals surface area contributed by atoms with Gasteiger partial charge in [-0.2, -0.15) is 0 Å². The van der Waals surface area contributed by atoms with Crippen LogP contribution >= 0.6 is 24.0 Å². The lowest BCUT2D eigenvalue weighted by atomic mass is 10.1. The summed E-state index contributed by atoms with van der Waals surface area (Å²) in [7, 11) is 0. The normalized spacial score (nSPS) is 15.7. The van der Waals surface area contributed by atoms with Gasteiger partial charge in [0.1, 0.15) is 0 Å². The topological polar surface area (TPSA) is 63.4 Å². The number of anilines is 1. The van der Waals surface area contributed by atoms with Crippen LogP contribution in [-0.4, -0.2) is 15.2 Å². The third kappa shape index (κ3) is 3.22. The summed E-state index contributed by atoms with van der Waals surface area (Å²) in [5.41, 5.74) is 1.47. The molecule has 0 saturated carbocycles. The predicted octanol–water partition coefficient (Wildman–Crippen LogP) is 5.15. The van der Waals surface area contributed by atoms with Crippen molar-refractivity contribution >= 4 is 62.4 Å². The molecule has 5 nitrogen and oxygen atoms in total. The van der Waals surface area contributed by atoms with Crippen LogP contribution in [0.3, 0.4) is 0 Å². The van der Waals surface area contributed by atoms with E-state index in [4.69, 9.17) is 12.2 Å². The van der Waals surface area contributed by atoms with Crippen LogP contribution in [0.4, 0.5) is 11.4 Å². The number of nitro groups is 1. The summed E-state index contributed by atoms with van der Waals surface area (Å²) in [6, 6.07) is 19.6. The van der Waals surface area contributed by atoms with Crippen LogP contribution in [0.2, 0.25) is 0 Å². The van der Waals surface area contributed by atoms with E-state index in [1.165, 1.54) is 23.9 Å². The first kappa shape index (κ1) is 17.4. The molecule has 1 saturated heterocycles. The first-order valence-corrected chi connectivity index (χ1v) is 9.27. The summed E-state index contributed by atoms with van der Waals surface area (Å²) >= 11 is 6.67. The largest absolute Gasteiger partial charge is 0.270 e. The number of amides is 1. The fourth-order valence-corrected chi connectivity index (χ4v) is 4.21. The molecule has 0 N–H and O–H groups in total. The number of non-ortho nitro benzene ring substituents is 1. The minimum absolute atomic E-state index is 0.00968. The number of thiocarbonyl (C=S) groups is 1. The minimum atomic E-state index is -0.455. The second-order valence-electron chi connectivity index (χ2n) is 5.86. The first-order valence-electron chi connectivity index (χ1n) is 8.05. The second kappa shape index (κ2) is 6.94. The van der Waals surface area contributed by atoms with Crippen molar-refractivity contribution < 1.29 is 9.72 Å². The molecule has 1 amide bonds. The molecule has 1 heterocycles. The summed E-state index contributed by atoms with van der Waals surface area (Å²) in [4.78, 5) is 25.3. The van der Waals surface area contributed by atoms with Crippen LogP contribution in [0.25, 0.3) is 16.8 Å². The lowest BCUT2D eigenvalue weighted by Crippen LogP contribution is -2.27. The maximum Gasteiger partial charge on any atom is 0.270 e. The Balaban J connectivity index is 1.70. The van der Waals surface area contributed by atoms with Crippen molar-refractivity contribution in [3.63, 3.8) is 0 Å². The van der Waals surface area contributed by atoms with E-state index < -0.39 is 4.92 Å². The van der Waals surface area contributed by atoms with E-state index in [0.717, 1.165) is 16.5 Å². The standard InChI is InChI=1S/C20H12N2O3S2/c23-19-18(12-13-8-10-15(11-9-13)22(24)25)27-20(26)21(19)17-7-3-5-14-4-1-2-6-16(14)17/h1-12H/b18-12-. The first-order chi connectivity index (χ1) is 13.0. The molecule has 132 valence electrons. The molecule has 0 radical (unpaired) electrons. The number of hydrogen-bond acceptors (Lipinski definition) is 5. The zero-order chi connectivity index (χ0) is 19.0. The van der Waals surface area contributed by atoms with Crippen molar-refractivity contribution in [3.8, 4) is 0 Å². The van der Waals surface area contributed by atoms with E-state index in [9.17, 15) is 14.9 Å². The second-order valence-corrected chi connectivity index (χ2v) is 7.54. The van der Waals surface area contributed by atoms with Gasteiger partial charge in [0.05, 0.1) is 15.5 Å².